The third-order valence-corrected chi connectivity index (χ3v) is 5.51. The Morgan fingerprint density at radius 1 is 1.28 bits per heavy atom. The first-order chi connectivity index (χ1) is 8.27. The fourth-order valence-electron chi connectivity index (χ4n) is 4.41. The predicted molar refractivity (Wildman–Crippen MR) is 64.2 cm³/mol. The van der Waals surface area contributed by atoms with Gasteiger partial charge >= 0.3 is 6.18 Å². The molecule has 104 valence electrons. The van der Waals surface area contributed by atoms with Gasteiger partial charge in [0, 0.05) is 18.1 Å². The highest BCUT2D eigenvalue weighted by atomic mass is 19.4. The molecule has 1 nitrogen and oxygen atoms in total. The van der Waals surface area contributed by atoms with E-state index in [4.69, 9.17) is 0 Å². The molecule has 0 aromatic rings. The summed E-state index contributed by atoms with van der Waals surface area (Å²) in [6.07, 6.45) is -1.41. The molecule has 1 aliphatic heterocycles. The SMILES string of the molecule is CC(C)N1C(C)CC(C(F)(F)F)CCC23CC2[C@H]13. The van der Waals surface area contributed by atoms with E-state index in [2.05, 4.69) is 18.7 Å². The highest BCUT2D eigenvalue weighted by Crippen LogP contribution is 2.80. The summed E-state index contributed by atoms with van der Waals surface area (Å²) in [7, 11) is 0. The van der Waals surface area contributed by atoms with Crippen LogP contribution >= 0.6 is 0 Å². The number of halogens is 3. The van der Waals surface area contributed by atoms with Crippen LogP contribution in [0, 0.1) is 17.3 Å². The molecule has 0 amide bonds. The number of likely N-dealkylation sites (tertiary alicyclic amines) is 1. The summed E-state index contributed by atoms with van der Waals surface area (Å²) in [6.45, 7) is 6.22. The molecule has 4 heteroatoms. The first-order valence-electron chi connectivity index (χ1n) is 7.11. The molecule has 3 fully saturated rings. The number of rotatable bonds is 1. The van der Waals surface area contributed by atoms with Crippen molar-refractivity contribution in [2.24, 2.45) is 17.3 Å². The predicted octanol–water partition coefficient (Wildman–Crippen LogP) is 3.84. The van der Waals surface area contributed by atoms with Gasteiger partial charge in [-0.1, -0.05) is 0 Å². The normalized spacial score (nSPS) is 48.2. The van der Waals surface area contributed by atoms with E-state index in [0.29, 0.717) is 29.8 Å². The minimum Gasteiger partial charge on any atom is -0.294 e. The van der Waals surface area contributed by atoms with Crippen molar-refractivity contribution in [3.63, 3.8) is 0 Å². The van der Waals surface area contributed by atoms with Crippen molar-refractivity contribution in [3.8, 4) is 0 Å². The molecule has 1 spiro atoms. The molecule has 0 radical (unpaired) electrons. The van der Waals surface area contributed by atoms with Gasteiger partial charge in [-0.3, -0.25) is 4.90 Å². The summed E-state index contributed by atoms with van der Waals surface area (Å²) in [5, 5.41) is 0. The topological polar surface area (TPSA) is 3.24 Å². The summed E-state index contributed by atoms with van der Waals surface area (Å²) < 4.78 is 39.0. The summed E-state index contributed by atoms with van der Waals surface area (Å²) in [5.41, 5.74) is 0.294. The highest BCUT2D eigenvalue weighted by Gasteiger charge is 2.80. The van der Waals surface area contributed by atoms with E-state index >= 15 is 0 Å². The molecular weight excluding hydrogens is 239 g/mol. The fraction of sp³-hybridized carbons (Fsp3) is 1.00. The van der Waals surface area contributed by atoms with Crippen LogP contribution < -0.4 is 0 Å². The van der Waals surface area contributed by atoms with Gasteiger partial charge in [0.1, 0.15) is 0 Å². The van der Waals surface area contributed by atoms with Crippen LogP contribution in [0.4, 0.5) is 13.2 Å². The second-order valence-corrected chi connectivity index (χ2v) is 6.89. The maximum Gasteiger partial charge on any atom is 0.391 e. The van der Waals surface area contributed by atoms with Crippen molar-refractivity contribution in [2.75, 3.05) is 0 Å². The van der Waals surface area contributed by atoms with Crippen molar-refractivity contribution >= 4 is 0 Å². The van der Waals surface area contributed by atoms with Gasteiger partial charge in [0.2, 0.25) is 0 Å². The van der Waals surface area contributed by atoms with Crippen molar-refractivity contribution in [1.29, 1.82) is 0 Å². The van der Waals surface area contributed by atoms with Gasteiger partial charge in [0.05, 0.1) is 5.92 Å². The lowest BCUT2D eigenvalue weighted by molar-refractivity contribution is -0.185. The first kappa shape index (κ1) is 12.8. The molecule has 0 N–H and O–H groups in total. The Morgan fingerprint density at radius 3 is 2.44 bits per heavy atom. The van der Waals surface area contributed by atoms with E-state index in [0.717, 1.165) is 6.42 Å². The summed E-state index contributed by atoms with van der Waals surface area (Å²) in [4.78, 5) is 2.37. The van der Waals surface area contributed by atoms with E-state index in [9.17, 15) is 13.2 Å². The molecule has 2 saturated carbocycles. The number of hydrogen-bond donors (Lipinski definition) is 0. The molecule has 0 bridgehead atoms. The van der Waals surface area contributed by atoms with Crippen molar-refractivity contribution in [1.82, 2.24) is 4.90 Å². The minimum atomic E-state index is -4.01. The van der Waals surface area contributed by atoms with Gasteiger partial charge in [-0.05, 0) is 57.8 Å². The Labute approximate surface area is 107 Å². The molecule has 5 atom stereocenters. The third-order valence-electron chi connectivity index (χ3n) is 5.51. The highest BCUT2D eigenvalue weighted by molar-refractivity contribution is 5.31. The Morgan fingerprint density at radius 2 is 1.94 bits per heavy atom. The first-order valence-corrected chi connectivity index (χ1v) is 7.11. The molecule has 1 heterocycles. The standard InChI is InChI=1S/C14H22F3N/c1-8(2)18-9(3)6-10(14(15,16)17)4-5-13-7-11(13)12(13)18/h8-12H,4-7H2,1-3H3/t9?,10?,11?,12-,13?/m0/s1. The van der Waals surface area contributed by atoms with E-state index in [1.807, 2.05) is 6.92 Å². The molecule has 1 saturated heterocycles. The van der Waals surface area contributed by atoms with Crippen LogP contribution in [0.5, 0.6) is 0 Å². The monoisotopic (exact) mass is 261 g/mol. The lowest BCUT2D eigenvalue weighted by Gasteiger charge is -2.40. The second kappa shape index (κ2) is 3.65. The second-order valence-electron chi connectivity index (χ2n) is 6.89. The number of nitrogens with zero attached hydrogens (tertiary/aromatic N) is 1. The Hall–Kier alpha value is -0.250. The lowest BCUT2D eigenvalue weighted by atomic mass is 9.87. The minimum absolute atomic E-state index is 0.0617. The van der Waals surface area contributed by atoms with Crippen LogP contribution in [0.1, 0.15) is 46.5 Å². The summed E-state index contributed by atoms with van der Waals surface area (Å²) >= 11 is 0. The van der Waals surface area contributed by atoms with Gasteiger partial charge in [-0.2, -0.15) is 13.2 Å². The van der Waals surface area contributed by atoms with Crippen molar-refractivity contribution in [2.45, 2.75) is 70.8 Å². The fourth-order valence-corrected chi connectivity index (χ4v) is 4.41. The van der Waals surface area contributed by atoms with Gasteiger partial charge in [-0.15, -0.1) is 0 Å². The summed E-state index contributed by atoms with van der Waals surface area (Å²) in [6, 6.07) is 1.02. The van der Waals surface area contributed by atoms with Crippen LogP contribution in [0.25, 0.3) is 0 Å². The average molecular weight is 261 g/mol. The Bertz CT molecular complexity index is 351. The van der Waals surface area contributed by atoms with Crippen LogP contribution in [0.15, 0.2) is 0 Å². The zero-order valence-corrected chi connectivity index (χ0v) is 11.3. The molecule has 0 aromatic carbocycles. The van der Waals surface area contributed by atoms with Crippen molar-refractivity contribution in [3.05, 3.63) is 0 Å². The molecular formula is C14H22F3N. The van der Waals surface area contributed by atoms with Crippen LogP contribution in [0.2, 0.25) is 0 Å². The molecule has 2 aliphatic carbocycles. The van der Waals surface area contributed by atoms with E-state index < -0.39 is 12.1 Å². The summed E-state index contributed by atoms with van der Waals surface area (Å²) in [5.74, 6) is -0.375. The van der Waals surface area contributed by atoms with Gasteiger partial charge in [0.15, 0.2) is 0 Å². The van der Waals surface area contributed by atoms with Crippen LogP contribution in [0.3, 0.4) is 0 Å². The largest absolute Gasteiger partial charge is 0.391 e. The number of hydrogen-bond acceptors (Lipinski definition) is 1. The molecule has 3 rings (SSSR count). The third kappa shape index (κ3) is 1.71. The lowest BCUT2D eigenvalue weighted by Crippen LogP contribution is -2.47. The number of fused-ring (bicyclic) bond motifs is 1. The van der Waals surface area contributed by atoms with E-state index in [1.165, 1.54) is 6.42 Å². The van der Waals surface area contributed by atoms with E-state index in [-0.39, 0.29) is 12.5 Å². The quantitative estimate of drug-likeness (QED) is 0.693. The van der Waals surface area contributed by atoms with Crippen LogP contribution in [-0.2, 0) is 0 Å². The zero-order chi connectivity index (χ0) is 13.3. The Kier molecular flexibility index (Phi) is 2.59. The maximum atomic E-state index is 13.0. The van der Waals surface area contributed by atoms with Crippen molar-refractivity contribution < 1.29 is 13.2 Å². The molecule has 0 aromatic heterocycles. The molecule has 4 unspecified atom stereocenters. The smallest absolute Gasteiger partial charge is 0.294 e. The van der Waals surface area contributed by atoms with Gasteiger partial charge < -0.3 is 0 Å². The van der Waals surface area contributed by atoms with E-state index in [1.54, 1.807) is 0 Å². The average Bonchev–Trinajstić information content (AvgIpc) is 3.04. The Balaban J connectivity index is 1.80. The molecule has 3 aliphatic rings. The van der Waals surface area contributed by atoms with Gasteiger partial charge in [0.25, 0.3) is 0 Å². The maximum absolute atomic E-state index is 13.0. The molecule has 18 heavy (non-hydrogen) atoms. The zero-order valence-electron chi connectivity index (χ0n) is 11.3. The van der Waals surface area contributed by atoms with Crippen LogP contribution in [-0.4, -0.2) is 29.2 Å². The number of alkyl halides is 3. The van der Waals surface area contributed by atoms with Gasteiger partial charge in [-0.25, -0.2) is 0 Å².